The Bertz CT molecular complexity index is 698. The van der Waals surface area contributed by atoms with E-state index in [0.29, 0.717) is 5.56 Å². The summed E-state index contributed by atoms with van der Waals surface area (Å²) in [7, 11) is 0. The number of amides is 1. The molecule has 0 saturated heterocycles. The van der Waals surface area contributed by atoms with Gasteiger partial charge in [-0.3, -0.25) is 4.79 Å². The molecule has 0 radical (unpaired) electrons. The maximum absolute atomic E-state index is 12.9. The van der Waals surface area contributed by atoms with Crippen LogP contribution in [0.1, 0.15) is 33.8 Å². The summed E-state index contributed by atoms with van der Waals surface area (Å²) in [5.41, 5.74) is 3.26. The molecule has 1 amide bonds. The lowest BCUT2D eigenvalue weighted by molar-refractivity contribution is 0.0899. The average Bonchev–Trinajstić information content (AvgIpc) is 2.53. The van der Waals surface area contributed by atoms with Gasteiger partial charge in [-0.25, -0.2) is 0 Å². The van der Waals surface area contributed by atoms with Crippen LogP contribution in [0.3, 0.4) is 0 Å². The second kappa shape index (κ2) is 5.75. The number of aliphatic hydroxyl groups is 1. The molecule has 0 spiro atoms. The average molecular weight is 316 g/mol. The van der Waals surface area contributed by atoms with Crippen molar-refractivity contribution in [2.75, 3.05) is 4.90 Å². The van der Waals surface area contributed by atoms with Crippen molar-refractivity contribution in [1.29, 1.82) is 0 Å². The number of fused-ring (bicyclic) bond motifs is 1. The van der Waals surface area contributed by atoms with Crippen molar-refractivity contribution in [3.05, 3.63) is 65.2 Å². The fraction of sp³-hybridized carbons (Fsp3) is 0.278. The predicted molar refractivity (Wildman–Crippen MR) is 88.5 cm³/mol. The van der Waals surface area contributed by atoms with Crippen LogP contribution in [-0.4, -0.2) is 23.2 Å². The molecule has 0 aromatic heterocycles. The second-order valence-corrected chi connectivity index (χ2v) is 6.20. The lowest BCUT2D eigenvalue weighted by Gasteiger charge is -2.40. The minimum absolute atomic E-state index is 0.123. The molecule has 1 N–H and O–H groups in total. The fourth-order valence-electron chi connectivity index (χ4n) is 2.87. The Morgan fingerprint density at radius 2 is 1.77 bits per heavy atom. The van der Waals surface area contributed by atoms with Gasteiger partial charge < -0.3 is 10.0 Å². The first-order valence-electron chi connectivity index (χ1n) is 7.32. The number of nitrogens with zero attached hydrogens (tertiary/aromatic N) is 1. The molecule has 2 aromatic carbocycles. The first-order chi connectivity index (χ1) is 10.5. The van der Waals surface area contributed by atoms with Gasteiger partial charge in [-0.1, -0.05) is 35.9 Å². The number of benzene rings is 2. The molecule has 22 heavy (non-hydrogen) atoms. The molecule has 0 bridgehead atoms. The number of aryl methyl sites for hydroxylation is 1. The lowest BCUT2D eigenvalue weighted by atomic mass is 9.92. The number of para-hydroxylation sites is 1. The standard InChI is InChI=1S/C18H18ClNO2/c1-11-7-9-13(10-8-11)18(22)20-12(2)17(21)16(19)14-5-3-4-6-15(14)20/h3-10,12,16-17,21H,1-2H3/t12-,16-,17-/m0/s1. The van der Waals surface area contributed by atoms with Crippen molar-refractivity contribution in [3.63, 3.8) is 0 Å². The number of hydrogen-bond donors (Lipinski definition) is 1. The Labute approximate surface area is 135 Å². The van der Waals surface area contributed by atoms with Crippen LogP contribution in [0.4, 0.5) is 5.69 Å². The van der Waals surface area contributed by atoms with E-state index in [1.54, 1.807) is 4.90 Å². The zero-order chi connectivity index (χ0) is 15.9. The highest BCUT2D eigenvalue weighted by atomic mass is 35.5. The van der Waals surface area contributed by atoms with Crippen LogP contribution in [0.5, 0.6) is 0 Å². The van der Waals surface area contributed by atoms with E-state index < -0.39 is 11.5 Å². The van der Waals surface area contributed by atoms with E-state index >= 15 is 0 Å². The van der Waals surface area contributed by atoms with Crippen molar-refractivity contribution in [2.45, 2.75) is 31.4 Å². The highest BCUT2D eigenvalue weighted by Crippen LogP contribution is 2.41. The smallest absolute Gasteiger partial charge is 0.258 e. The van der Waals surface area contributed by atoms with Gasteiger partial charge in [-0.15, -0.1) is 11.6 Å². The van der Waals surface area contributed by atoms with Crippen LogP contribution in [-0.2, 0) is 0 Å². The molecule has 3 nitrogen and oxygen atoms in total. The fourth-order valence-corrected chi connectivity index (χ4v) is 3.27. The Morgan fingerprint density at radius 1 is 1.14 bits per heavy atom. The molecule has 0 aliphatic carbocycles. The number of aliphatic hydroxyl groups excluding tert-OH is 1. The van der Waals surface area contributed by atoms with Gasteiger partial charge in [-0.2, -0.15) is 0 Å². The molecular formula is C18H18ClNO2. The number of halogens is 1. The predicted octanol–water partition coefficient (Wildman–Crippen LogP) is 3.68. The Kier molecular flexibility index (Phi) is 3.94. The molecule has 2 aromatic rings. The number of alkyl halides is 1. The number of anilines is 1. The SMILES string of the molecule is Cc1ccc(C(=O)N2c3ccccc3[C@H](Cl)[C@@H](O)[C@@H]2C)cc1. The summed E-state index contributed by atoms with van der Waals surface area (Å²) in [5, 5.41) is 9.87. The highest BCUT2D eigenvalue weighted by Gasteiger charge is 2.39. The number of carbonyl (C=O) groups excluding carboxylic acids is 1. The van der Waals surface area contributed by atoms with Gasteiger partial charge in [0, 0.05) is 11.3 Å². The third-order valence-corrected chi connectivity index (χ3v) is 4.71. The molecular weight excluding hydrogens is 298 g/mol. The van der Waals surface area contributed by atoms with E-state index in [2.05, 4.69) is 0 Å². The minimum Gasteiger partial charge on any atom is -0.389 e. The summed E-state index contributed by atoms with van der Waals surface area (Å²) < 4.78 is 0. The monoisotopic (exact) mass is 315 g/mol. The molecule has 0 fully saturated rings. The highest BCUT2D eigenvalue weighted by molar-refractivity contribution is 6.22. The van der Waals surface area contributed by atoms with Gasteiger partial charge in [-0.05, 0) is 37.6 Å². The summed E-state index contributed by atoms with van der Waals surface area (Å²) in [6, 6.07) is 14.5. The molecule has 114 valence electrons. The number of rotatable bonds is 1. The molecule has 4 heteroatoms. The largest absolute Gasteiger partial charge is 0.389 e. The van der Waals surface area contributed by atoms with E-state index in [4.69, 9.17) is 11.6 Å². The van der Waals surface area contributed by atoms with E-state index in [-0.39, 0.29) is 11.9 Å². The van der Waals surface area contributed by atoms with Crippen molar-refractivity contribution in [1.82, 2.24) is 0 Å². The van der Waals surface area contributed by atoms with E-state index in [9.17, 15) is 9.90 Å². The van der Waals surface area contributed by atoms with Gasteiger partial charge >= 0.3 is 0 Å². The van der Waals surface area contributed by atoms with Gasteiger partial charge in [0.2, 0.25) is 0 Å². The molecule has 1 aliphatic rings. The van der Waals surface area contributed by atoms with Crippen LogP contribution in [0.15, 0.2) is 48.5 Å². The van der Waals surface area contributed by atoms with Crippen LogP contribution >= 0.6 is 11.6 Å². The van der Waals surface area contributed by atoms with E-state index in [0.717, 1.165) is 16.8 Å². The van der Waals surface area contributed by atoms with Gasteiger partial charge in [0.25, 0.3) is 5.91 Å². The third kappa shape index (κ3) is 2.40. The summed E-state index contributed by atoms with van der Waals surface area (Å²) in [6.07, 6.45) is -0.800. The summed E-state index contributed by atoms with van der Waals surface area (Å²) in [5.74, 6) is -0.123. The number of carbonyl (C=O) groups is 1. The van der Waals surface area contributed by atoms with Crippen molar-refractivity contribution < 1.29 is 9.90 Å². The molecule has 1 heterocycles. The lowest BCUT2D eigenvalue weighted by Crippen LogP contribution is -2.50. The maximum atomic E-state index is 12.9. The first-order valence-corrected chi connectivity index (χ1v) is 7.75. The van der Waals surface area contributed by atoms with Crippen LogP contribution in [0, 0.1) is 6.92 Å². The summed E-state index contributed by atoms with van der Waals surface area (Å²) >= 11 is 6.34. The van der Waals surface area contributed by atoms with Crippen molar-refractivity contribution in [3.8, 4) is 0 Å². The number of hydrogen-bond acceptors (Lipinski definition) is 2. The van der Waals surface area contributed by atoms with Crippen LogP contribution in [0.25, 0.3) is 0 Å². The quantitative estimate of drug-likeness (QED) is 0.815. The van der Waals surface area contributed by atoms with Gasteiger partial charge in [0.15, 0.2) is 0 Å². The Balaban J connectivity index is 2.07. The third-order valence-electron chi connectivity index (χ3n) is 4.21. The molecule has 0 unspecified atom stereocenters. The zero-order valence-electron chi connectivity index (χ0n) is 12.5. The Morgan fingerprint density at radius 3 is 2.45 bits per heavy atom. The minimum atomic E-state index is -0.800. The van der Waals surface area contributed by atoms with E-state index in [1.807, 2.05) is 62.4 Å². The van der Waals surface area contributed by atoms with Crippen LogP contribution < -0.4 is 4.90 Å². The molecule has 1 aliphatic heterocycles. The molecule has 3 rings (SSSR count). The van der Waals surface area contributed by atoms with Crippen molar-refractivity contribution >= 4 is 23.2 Å². The van der Waals surface area contributed by atoms with Gasteiger partial charge in [0.1, 0.15) is 0 Å². The van der Waals surface area contributed by atoms with Crippen LogP contribution in [0.2, 0.25) is 0 Å². The first kappa shape index (κ1) is 15.1. The summed E-state index contributed by atoms with van der Waals surface area (Å²) in [6.45, 7) is 3.80. The Hall–Kier alpha value is -1.84. The normalized spacial score (nSPS) is 24.0. The maximum Gasteiger partial charge on any atom is 0.258 e. The second-order valence-electron chi connectivity index (χ2n) is 5.73. The van der Waals surface area contributed by atoms with Crippen molar-refractivity contribution in [2.24, 2.45) is 0 Å². The van der Waals surface area contributed by atoms with Gasteiger partial charge in [0.05, 0.1) is 17.5 Å². The topological polar surface area (TPSA) is 40.5 Å². The summed E-state index contributed by atoms with van der Waals surface area (Å²) in [4.78, 5) is 14.6. The zero-order valence-corrected chi connectivity index (χ0v) is 13.3. The molecule has 0 saturated carbocycles. The van der Waals surface area contributed by atoms with E-state index in [1.165, 1.54) is 0 Å². The molecule has 3 atom stereocenters.